The summed E-state index contributed by atoms with van der Waals surface area (Å²) >= 11 is 0. The summed E-state index contributed by atoms with van der Waals surface area (Å²) < 4.78 is 1.36. The first-order valence-electron chi connectivity index (χ1n) is 4.56. The van der Waals surface area contributed by atoms with Crippen LogP contribution in [-0.2, 0) is 5.41 Å². The number of nitrogens with zero attached hydrogens (tertiary/aromatic N) is 2. The molecule has 0 atom stereocenters. The Labute approximate surface area is 81.6 Å². The molecule has 2 aromatic rings. The molecule has 0 aliphatic carbocycles. The maximum absolute atomic E-state index is 11.6. The molecular weight excluding hydrogens is 178 g/mol. The first kappa shape index (κ1) is 8.99. The summed E-state index contributed by atoms with van der Waals surface area (Å²) in [6.07, 6.45) is 1.61. The number of fused-ring (bicyclic) bond motifs is 1. The van der Waals surface area contributed by atoms with Gasteiger partial charge in [0.1, 0.15) is 5.65 Å². The highest BCUT2D eigenvalue weighted by Gasteiger charge is 2.16. The van der Waals surface area contributed by atoms with Gasteiger partial charge >= 0.3 is 0 Å². The van der Waals surface area contributed by atoms with Crippen molar-refractivity contribution in [3.05, 3.63) is 34.4 Å². The molecule has 0 spiro atoms. The van der Waals surface area contributed by atoms with Crippen molar-refractivity contribution in [2.24, 2.45) is 0 Å². The molecular formula is C10H13N3O. The Balaban J connectivity index is 2.77. The van der Waals surface area contributed by atoms with E-state index in [0.29, 0.717) is 0 Å². The molecule has 0 aliphatic rings. The van der Waals surface area contributed by atoms with Gasteiger partial charge in [0.25, 0.3) is 5.56 Å². The van der Waals surface area contributed by atoms with E-state index >= 15 is 0 Å². The van der Waals surface area contributed by atoms with Crippen molar-refractivity contribution in [2.45, 2.75) is 26.2 Å². The van der Waals surface area contributed by atoms with Crippen molar-refractivity contribution in [3.8, 4) is 0 Å². The average molecular weight is 191 g/mol. The lowest BCUT2D eigenvalue weighted by molar-refractivity contribution is 0.566. The van der Waals surface area contributed by atoms with Crippen LogP contribution in [0.1, 0.15) is 26.5 Å². The molecule has 0 aliphatic heterocycles. The summed E-state index contributed by atoms with van der Waals surface area (Å²) in [6.45, 7) is 6.18. The summed E-state index contributed by atoms with van der Waals surface area (Å²) in [6, 6.07) is 3.39. The fourth-order valence-corrected chi connectivity index (χ4v) is 1.34. The number of aromatic nitrogens is 3. The number of hydrogen-bond acceptors (Lipinski definition) is 2. The van der Waals surface area contributed by atoms with Crippen molar-refractivity contribution in [1.82, 2.24) is 14.6 Å². The molecule has 0 unspecified atom stereocenters. The number of rotatable bonds is 0. The summed E-state index contributed by atoms with van der Waals surface area (Å²) in [4.78, 5) is 14.8. The van der Waals surface area contributed by atoms with E-state index in [1.807, 2.05) is 0 Å². The van der Waals surface area contributed by atoms with Crippen LogP contribution in [0.4, 0.5) is 0 Å². The molecule has 0 saturated carbocycles. The van der Waals surface area contributed by atoms with Crippen LogP contribution in [0.15, 0.2) is 23.1 Å². The molecule has 4 nitrogen and oxygen atoms in total. The number of H-pyrrole nitrogens is 1. The highest BCUT2D eigenvalue weighted by Crippen LogP contribution is 2.18. The highest BCUT2D eigenvalue weighted by molar-refractivity contribution is 5.37. The number of aromatic amines is 1. The molecule has 2 aromatic heterocycles. The standard InChI is InChI=1S/C10H13N3O/c1-10(2,3)7-6-9(14)13-8(12-7)4-5-11-13/h4-6,12H,1-3H3. The molecule has 0 radical (unpaired) electrons. The number of nitrogens with one attached hydrogen (secondary N) is 1. The summed E-state index contributed by atoms with van der Waals surface area (Å²) in [5.74, 6) is 0. The molecule has 0 saturated heterocycles. The topological polar surface area (TPSA) is 50.2 Å². The van der Waals surface area contributed by atoms with E-state index in [2.05, 4.69) is 30.9 Å². The predicted molar refractivity (Wildman–Crippen MR) is 54.5 cm³/mol. The van der Waals surface area contributed by atoms with Gasteiger partial charge < -0.3 is 4.98 Å². The van der Waals surface area contributed by atoms with Crippen LogP contribution < -0.4 is 5.56 Å². The van der Waals surface area contributed by atoms with Crippen molar-refractivity contribution >= 4 is 5.65 Å². The van der Waals surface area contributed by atoms with Crippen LogP contribution in [0.5, 0.6) is 0 Å². The minimum atomic E-state index is -0.0892. The average Bonchev–Trinajstić information content (AvgIpc) is 2.50. The van der Waals surface area contributed by atoms with E-state index in [9.17, 15) is 4.79 Å². The van der Waals surface area contributed by atoms with Crippen LogP contribution in [0.25, 0.3) is 5.65 Å². The number of hydrogen-bond donors (Lipinski definition) is 1. The fourth-order valence-electron chi connectivity index (χ4n) is 1.34. The van der Waals surface area contributed by atoms with Crippen LogP contribution >= 0.6 is 0 Å². The highest BCUT2D eigenvalue weighted by atomic mass is 16.1. The Kier molecular flexibility index (Phi) is 1.74. The van der Waals surface area contributed by atoms with E-state index in [4.69, 9.17) is 0 Å². The van der Waals surface area contributed by atoms with Crippen molar-refractivity contribution in [2.75, 3.05) is 0 Å². The normalized spacial score (nSPS) is 12.2. The van der Waals surface area contributed by atoms with Gasteiger partial charge in [0.05, 0.1) is 6.20 Å². The molecule has 2 heterocycles. The van der Waals surface area contributed by atoms with E-state index in [-0.39, 0.29) is 11.0 Å². The Hall–Kier alpha value is -1.58. The molecule has 74 valence electrons. The molecule has 0 fully saturated rings. The van der Waals surface area contributed by atoms with Crippen molar-refractivity contribution in [3.63, 3.8) is 0 Å². The molecule has 0 amide bonds. The second-order valence-corrected chi connectivity index (χ2v) is 4.40. The van der Waals surface area contributed by atoms with Gasteiger partial charge in [-0.2, -0.15) is 9.61 Å². The lowest BCUT2D eigenvalue weighted by Crippen LogP contribution is -2.21. The zero-order valence-corrected chi connectivity index (χ0v) is 8.53. The largest absolute Gasteiger partial charge is 0.343 e. The summed E-state index contributed by atoms with van der Waals surface area (Å²) in [7, 11) is 0. The Morgan fingerprint density at radius 2 is 2.14 bits per heavy atom. The van der Waals surface area contributed by atoms with Gasteiger partial charge in [0, 0.05) is 23.2 Å². The smallest absolute Gasteiger partial charge is 0.274 e. The van der Waals surface area contributed by atoms with Crippen LogP contribution in [0.3, 0.4) is 0 Å². The second kappa shape index (κ2) is 2.70. The van der Waals surface area contributed by atoms with Gasteiger partial charge in [-0.15, -0.1) is 0 Å². The third kappa shape index (κ3) is 1.32. The van der Waals surface area contributed by atoms with Gasteiger partial charge in [-0.3, -0.25) is 4.79 Å². The van der Waals surface area contributed by atoms with Gasteiger partial charge in [0.15, 0.2) is 0 Å². The maximum Gasteiger partial charge on any atom is 0.274 e. The second-order valence-electron chi connectivity index (χ2n) is 4.40. The first-order valence-corrected chi connectivity index (χ1v) is 4.56. The van der Waals surface area contributed by atoms with E-state index < -0.39 is 0 Å². The third-order valence-electron chi connectivity index (χ3n) is 2.19. The lowest BCUT2D eigenvalue weighted by Gasteiger charge is -2.18. The summed E-state index contributed by atoms with van der Waals surface area (Å²) in [5.41, 5.74) is 1.53. The van der Waals surface area contributed by atoms with E-state index in [1.165, 1.54) is 4.52 Å². The van der Waals surface area contributed by atoms with Crippen LogP contribution in [-0.4, -0.2) is 14.6 Å². The lowest BCUT2D eigenvalue weighted by atomic mass is 9.92. The first-order chi connectivity index (χ1) is 6.48. The van der Waals surface area contributed by atoms with E-state index in [1.54, 1.807) is 18.3 Å². The zero-order chi connectivity index (χ0) is 10.3. The van der Waals surface area contributed by atoms with Gasteiger partial charge in [0.2, 0.25) is 0 Å². The summed E-state index contributed by atoms with van der Waals surface area (Å²) in [5, 5.41) is 3.91. The minimum Gasteiger partial charge on any atom is -0.343 e. The third-order valence-corrected chi connectivity index (χ3v) is 2.19. The van der Waals surface area contributed by atoms with E-state index in [0.717, 1.165) is 11.3 Å². The molecule has 14 heavy (non-hydrogen) atoms. The molecule has 0 bridgehead atoms. The fraction of sp³-hybridized carbons (Fsp3) is 0.400. The Morgan fingerprint density at radius 3 is 2.79 bits per heavy atom. The zero-order valence-electron chi connectivity index (χ0n) is 8.53. The van der Waals surface area contributed by atoms with Gasteiger partial charge in [-0.25, -0.2) is 0 Å². The van der Waals surface area contributed by atoms with Crippen LogP contribution in [0.2, 0.25) is 0 Å². The Morgan fingerprint density at radius 1 is 1.43 bits per heavy atom. The molecule has 1 N–H and O–H groups in total. The minimum absolute atomic E-state index is 0.0504. The SMILES string of the molecule is CC(C)(C)c1cc(=O)n2nccc2[nH]1. The van der Waals surface area contributed by atoms with Crippen molar-refractivity contribution in [1.29, 1.82) is 0 Å². The van der Waals surface area contributed by atoms with Gasteiger partial charge in [-0.1, -0.05) is 20.8 Å². The molecule has 2 rings (SSSR count). The maximum atomic E-state index is 11.6. The molecule has 0 aromatic carbocycles. The van der Waals surface area contributed by atoms with Crippen LogP contribution in [0, 0.1) is 0 Å². The van der Waals surface area contributed by atoms with Gasteiger partial charge in [-0.05, 0) is 0 Å². The quantitative estimate of drug-likeness (QED) is 0.682. The van der Waals surface area contributed by atoms with Crippen molar-refractivity contribution < 1.29 is 0 Å². The predicted octanol–water partition coefficient (Wildman–Crippen LogP) is 1.32. The monoisotopic (exact) mass is 191 g/mol. The Bertz CT molecular complexity index is 516. The molecule has 4 heteroatoms.